The number of thiophene rings is 1. The van der Waals surface area contributed by atoms with E-state index in [2.05, 4.69) is 75.4 Å². The summed E-state index contributed by atoms with van der Waals surface area (Å²) >= 11 is 1.83. The third-order valence-corrected chi connectivity index (χ3v) is 8.44. The predicted octanol–water partition coefficient (Wildman–Crippen LogP) is 9.38. The quantitative estimate of drug-likeness (QED) is 0.238. The molecule has 0 radical (unpaired) electrons. The van der Waals surface area contributed by atoms with Crippen molar-refractivity contribution >= 4 is 42.3 Å². The summed E-state index contributed by atoms with van der Waals surface area (Å²) in [6.45, 7) is 6.48. The first kappa shape index (κ1) is 22.0. The summed E-state index contributed by atoms with van der Waals surface area (Å²) in [4.78, 5) is 4.89. The highest BCUT2D eigenvalue weighted by Gasteiger charge is 2.17. The maximum Gasteiger partial charge on any atom is 0.0897 e. The average molecular weight is 456 g/mol. The second-order valence-electron chi connectivity index (χ2n) is 8.96. The number of nitrogens with zero attached hydrogens (tertiary/aromatic N) is 1. The van der Waals surface area contributed by atoms with E-state index in [4.69, 9.17) is 4.98 Å². The van der Waals surface area contributed by atoms with Crippen molar-refractivity contribution in [3.63, 3.8) is 0 Å². The number of fused-ring (bicyclic) bond motifs is 4. The van der Waals surface area contributed by atoms with Gasteiger partial charge in [-0.05, 0) is 84.2 Å². The van der Waals surface area contributed by atoms with Crippen LogP contribution in [-0.4, -0.2) is 11.7 Å². The van der Waals surface area contributed by atoms with Crippen molar-refractivity contribution in [1.82, 2.24) is 4.98 Å². The summed E-state index contributed by atoms with van der Waals surface area (Å²) in [5, 5.41) is 5.17. The van der Waals surface area contributed by atoms with Crippen LogP contribution in [0.3, 0.4) is 0 Å². The lowest BCUT2D eigenvalue weighted by Gasteiger charge is -2.18. The number of alkyl halides is 1. The minimum atomic E-state index is -0.265. The van der Waals surface area contributed by atoms with Crippen LogP contribution >= 0.6 is 11.3 Å². The van der Waals surface area contributed by atoms with Crippen LogP contribution in [0.1, 0.15) is 55.7 Å². The van der Waals surface area contributed by atoms with Crippen molar-refractivity contribution in [1.29, 1.82) is 0 Å². The Balaban J connectivity index is 1.75. The van der Waals surface area contributed by atoms with Gasteiger partial charge in [0.25, 0.3) is 0 Å². The number of aromatic nitrogens is 1. The van der Waals surface area contributed by atoms with Crippen molar-refractivity contribution in [2.45, 2.75) is 52.4 Å². The molecule has 3 aromatic carbocycles. The number of rotatable bonds is 7. The van der Waals surface area contributed by atoms with E-state index in [0.717, 1.165) is 25.0 Å². The molecule has 5 aromatic rings. The second kappa shape index (κ2) is 9.23. The number of pyridine rings is 1. The summed E-state index contributed by atoms with van der Waals surface area (Å²) < 4.78 is 15.3. The second-order valence-corrected chi connectivity index (χ2v) is 9.98. The van der Waals surface area contributed by atoms with Crippen LogP contribution in [0.5, 0.6) is 0 Å². The number of benzene rings is 3. The highest BCUT2D eigenvalue weighted by atomic mass is 32.1. The van der Waals surface area contributed by atoms with Gasteiger partial charge in [0.15, 0.2) is 0 Å². The first-order chi connectivity index (χ1) is 16.2. The van der Waals surface area contributed by atoms with E-state index in [0.29, 0.717) is 12.3 Å². The molecule has 0 spiro atoms. The van der Waals surface area contributed by atoms with E-state index in [9.17, 15) is 4.39 Å². The van der Waals surface area contributed by atoms with Gasteiger partial charge >= 0.3 is 0 Å². The molecule has 1 nitrogen and oxygen atoms in total. The molecule has 2 heterocycles. The molecule has 0 saturated carbocycles. The monoisotopic (exact) mass is 455 g/mol. The Morgan fingerprint density at radius 3 is 2.48 bits per heavy atom. The molecule has 168 valence electrons. The minimum Gasteiger partial charge on any atom is -0.255 e. The van der Waals surface area contributed by atoms with Crippen LogP contribution < -0.4 is 0 Å². The summed E-state index contributed by atoms with van der Waals surface area (Å²) in [6, 6.07) is 20.0. The van der Waals surface area contributed by atoms with Crippen molar-refractivity contribution in [3.05, 3.63) is 77.5 Å². The van der Waals surface area contributed by atoms with Gasteiger partial charge in [0.1, 0.15) is 0 Å². The van der Waals surface area contributed by atoms with Gasteiger partial charge < -0.3 is 0 Å². The zero-order chi connectivity index (χ0) is 22.9. The maximum absolute atomic E-state index is 12.8. The lowest BCUT2D eigenvalue weighted by Crippen LogP contribution is -1.98. The predicted molar refractivity (Wildman–Crippen MR) is 142 cm³/mol. The molecular weight excluding hydrogens is 425 g/mol. The Morgan fingerprint density at radius 2 is 1.70 bits per heavy atom. The van der Waals surface area contributed by atoms with Crippen LogP contribution in [0.4, 0.5) is 4.39 Å². The number of hydrogen-bond donors (Lipinski definition) is 0. The highest BCUT2D eigenvalue weighted by molar-refractivity contribution is 7.26. The smallest absolute Gasteiger partial charge is 0.0897 e. The number of halogens is 1. The Bertz CT molecular complexity index is 1440. The fraction of sp³-hybridized carbons (Fsp3) is 0.300. The zero-order valence-electron chi connectivity index (χ0n) is 19.6. The van der Waals surface area contributed by atoms with Crippen molar-refractivity contribution in [2.24, 2.45) is 0 Å². The van der Waals surface area contributed by atoms with Crippen molar-refractivity contribution in [2.75, 3.05) is 6.67 Å². The van der Waals surface area contributed by atoms with E-state index in [-0.39, 0.29) is 6.67 Å². The molecule has 0 aliphatic heterocycles. The molecule has 0 saturated heterocycles. The molecular formula is C30H30FNS. The summed E-state index contributed by atoms with van der Waals surface area (Å²) in [6.07, 6.45) is 5.58. The first-order valence-electron chi connectivity index (χ1n) is 12.0. The van der Waals surface area contributed by atoms with E-state index in [1.54, 1.807) is 0 Å². The molecule has 3 heteroatoms. The van der Waals surface area contributed by atoms with Gasteiger partial charge in [0.2, 0.25) is 0 Å². The van der Waals surface area contributed by atoms with E-state index in [1.807, 2.05) is 17.5 Å². The fourth-order valence-electron chi connectivity index (χ4n) is 5.22. The molecule has 0 bridgehead atoms. The van der Waals surface area contributed by atoms with Crippen LogP contribution in [0, 0.1) is 6.92 Å². The standard InChI is InChI=1S/C30H30FNS/c1-4-20(5-2)27-18-23(17-22-9-6-7-11-24(22)27)28-30-26(14-16-32-28)25-13-12-21(10-8-15-31)19(3)29(25)33-30/h6-7,9,11-14,16-18,20H,4-5,8,10,15H2,1-3H3. The Hall–Kier alpha value is -2.78. The van der Waals surface area contributed by atoms with Crippen LogP contribution in [-0.2, 0) is 6.42 Å². The molecule has 0 amide bonds. The van der Waals surface area contributed by atoms with Crippen LogP contribution in [0.2, 0.25) is 0 Å². The van der Waals surface area contributed by atoms with Crippen molar-refractivity contribution < 1.29 is 4.39 Å². The van der Waals surface area contributed by atoms with Gasteiger partial charge in [0.05, 0.1) is 17.1 Å². The Labute approximate surface area is 199 Å². The molecule has 5 rings (SSSR count). The minimum absolute atomic E-state index is 0.265. The van der Waals surface area contributed by atoms with Crippen molar-refractivity contribution in [3.8, 4) is 11.3 Å². The van der Waals surface area contributed by atoms with Gasteiger partial charge in [0, 0.05) is 27.2 Å². The highest BCUT2D eigenvalue weighted by Crippen LogP contribution is 2.42. The molecule has 0 unspecified atom stereocenters. The SMILES string of the molecule is CCC(CC)c1cc(-c2nccc3c2sc2c(C)c(CCCF)ccc23)cc2ccccc12. The molecule has 33 heavy (non-hydrogen) atoms. The molecule has 0 aliphatic carbocycles. The van der Waals surface area contributed by atoms with Crippen LogP contribution in [0.25, 0.3) is 42.2 Å². The molecule has 2 aromatic heterocycles. The zero-order valence-corrected chi connectivity index (χ0v) is 20.4. The number of hydrogen-bond acceptors (Lipinski definition) is 2. The third-order valence-electron chi connectivity index (χ3n) is 7.09. The Kier molecular flexibility index (Phi) is 6.16. The maximum atomic E-state index is 12.8. The fourth-order valence-corrected chi connectivity index (χ4v) is 6.55. The molecule has 0 atom stereocenters. The van der Waals surface area contributed by atoms with Gasteiger partial charge in [-0.2, -0.15) is 0 Å². The summed E-state index contributed by atoms with van der Waals surface area (Å²) in [5.74, 6) is 0.539. The topological polar surface area (TPSA) is 12.9 Å². The lowest BCUT2D eigenvalue weighted by molar-refractivity contribution is 0.473. The lowest BCUT2D eigenvalue weighted by atomic mass is 9.87. The number of aryl methyl sites for hydroxylation is 2. The Morgan fingerprint density at radius 1 is 0.909 bits per heavy atom. The largest absolute Gasteiger partial charge is 0.255 e. The molecule has 0 N–H and O–H groups in total. The molecule has 0 fully saturated rings. The average Bonchev–Trinajstić information content (AvgIpc) is 3.24. The van der Waals surface area contributed by atoms with Gasteiger partial charge in [-0.1, -0.05) is 50.2 Å². The van der Waals surface area contributed by atoms with E-state index >= 15 is 0 Å². The van der Waals surface area contributed by atoms with Crippen LogP contribution in [0.15, 0.2) is 60.8 Å². The normalized spacial score (nSPS) is 11.9. The van der Waals surface area contributed by atoms with E-state index in [1.165, 1.54) is 53.2 Å². The van der Waals surface area contributed by atoms with E-state index < -0.39 is 0 Å². The summed E-state index contributed by atoms with van der Waals surface area (Å²) in [5.41, 5.74) is 6.23. The summed E-state index contributed by atoms with van der Waals surface area (Å²) in [7, 11) is 0. The van der Waals surface area contributed by atoms with Gasteiger partial charge in [-0.15, -0.1) is 11.3 Å². The van der Waals surface area contributed by atoms with Gasteiger partial charge in [-0.25, -0.2) is 0 Å². The van der Waals surface area contributed by atoms with Gasteiger partial charge in [-0.3, -0.25) is 9.37 Å². The third kappa shape index (κ3) is 3.83. The first-order valence-corrected chi connectivity index (χ1v) is 12.9. The molecule has 0 aliphatic rings.